The smallest absolute Gasteiger partial charge is 0.174 e. The molecule has 3 atom stereocenters. The first-order valence-electron chi connectivity index (χ1n) is 34.5. The van der Waals surface area contributed by atoms with E-state index in [2.05, 4.69) is 210 Å². The van der Waals surface area contributed by atoms with Gasteiger partial charge in [-0.05, 0) is 76.8 Å². The van der Waals surface area contributed by atoms with E-state index in [1.54, 1.807) is 0 Å². The molecule has 9 heterocycles. The standard InChI is InChI=1S/3C27H29N5O/c2*1-19(21-6-4-3-5-7-21)15-28-20(2)27-30-16-22(17-31-27)24-8-9-26-25(24)14-23(18-29-26)32-10-12-33-13-11-32;1-19(14-21-6-4-3-5-7-21)31-20(2)27-29-16-22(17-30-27)24-8-9-26-25(24)15-23(18-28-26)32-10-12-33-13-11-32/h2*3-8,14,16-19,28H,2,9-13,15H2,1H3;3-8,15-19,31H,2,9-14H2,1H3/t3*19-/m101/s1. The lowest BCUT2D eigenvalue weighted by atomic mass is 10.0. The van der Waals surface area contributed by atoms with Crippen molar-refractivity contribution in [2.24, 2.45) is 0 Å². The van der Waals surface area contributed by atoms with E-state index in [1.807, 2.05) is 74.0 Å². The highest BCUT2D eigenvalue weighted by molar-refractivity contribution is 5.87. The molecule has 504 valence electrons. The summed E-state index contributed by atoms with van der Waals surface area (Å²) in [5.74, 6) is 2.61. The number of rotatable bonds is 21. The van der Waals surface area contributed by atoms with Gasteiger partial charge < -0.3 is 44.9 Å². The van der Waals surface area contributed by atoms with E-state index in [4.69, 9.17) is 29.2 Å². The van der Waals surface area contributed by atoms with Crippen LogP contribution in [0.1, 0.15) is 117 Å². The van der Waals surface area contributed by atoms with Crippen LogP contribution in [0.2, 0.25) is 0 Å². The van der Waals surface area contributed by atoms with Crippen LogP contribution >= 0.6 is 0 Å². The van der Waals surface area contributed by atoms with E-state index in [9.17, 15) is 0 Å². The van der Waals surface area contributed by atoms with Gasteiger partial charge in [-0.3, -0.25) is 15.0 Å². The van der Waals surface area contributed by atoms with Crippen LogP contribution in [0.25, 0.3) is 33.8 Å². The Balaban J connectivity index is 0.000000133. The molecule has 18 nitrogen and oxygen atoms in total. The summed E-state index contributed by atoms with van der Waals surface area (Å²) in [6.07, 6.45) is 27.3. The Hall–Kier alpha value is -10.5. The summed E-state index contributed by atoms with van der Waals surface area (Å²) in [5.41, 5.74) is 22.8. The Morgan fingerprint density at radius 2 is 0.717 bits per heavy atom. The summed E-state index contributed by atoms with van der Waals surface area (Å²) < 4.78 is 16.5. The average Bonchev–Trinajstić information content (AvgIpc) is 1.69. The van der Waals surface area contributed by atoms with Crippen molar-refractivity contribution >= 4 is 50.9 Å². The molecule has 0 saturated carbocycles. The quantitative estimate of drug-likeness (QED) is 0.0615. The van der Waals surface area contributed by atoms with Gasteiger partial charge in [0.1, 0.15) is 0 Å². The lowest BCUT2D eigenvalue weighted by Gasteiger charge is -2.29. The van der Waals surface area contributed by atoms with Gasteiger partial charge in [-0.2, -0.15) is 0 Å². The molecular formula is C81H87N15O3. The van der Waals surface area contributed by atoms with Gasteiger partial charge >= 0.3 is 0 Å². The predicted molar refractivity (Wildman–Crippen MR) is 396 cm³/mol. The molecule has 9 aromatic rings. The van der Waals surface area contributed by atoms with Gasteiger partial charge in [-0.15, -0.1) is 0 Å². The minimum Gasteiger partial charge on any atom is -0.382 e. The van der Waals surface area contributed by atoms with Crippen molar-refractivity contribution in [2.45, 2.75) is 64.3 Å². The Kier molecular flexibility index (Phi) is 21.8. The molecule has 3 N–H and O–H groups in total. The molecular weight excluding hydrogens is 1230 g/mol. The third kappa shape index (κ3) is 16.7. The number of nitrogens with zero attached hydrogens (tertiary/aromatic N) is 12. The Morgan fingerprint density at radius 1 is 0.404 bits per heavy atom. The first-order valence-corrected chi connectivity index (χ1v) is 34.5. The summed E-state index contributed by atoms with van der Waals surface area (Å²) in [5, 5.41) is 10.2. The second-order valence-corrected chi connectivity index (χ2v) is 25.8. The minimum atomic E-state index is 0.234. The van der Waals surface area contributed by atoms with Gasteiger partial charge in [-0.25, -0.2) is 29.9 Å². The number of pyridine rings is 3. The normalized spacial score (nSPS) is 16.2. The van der Waals surface area contributed by atoms with Gasteiger partial charge in [0.25, 0.3) is 0 Å². The van der Waals surface area contributed by atoms with Gasteiger partial charge in [-0.1, -0.05) is 143 Å². The number of anilines is 3. The monoisotopic (exact) mass is 1320 g/mol. The van der Waals surface area contributed by atoms with Gasteiger partial charge in [0, 0.05) is 148 Å². The maximum Gasteiger partial charge on any atom is 0.174 e. The van der Waals surface area contributed by atoms with Crippen LogP contribution in [-0.2, 0) is 39.9 Å². The van der Waals surface area contributed by atoms with Crippen molar-refractivity contribution in [2.75, 3.05) is 107 Å². The zero-order valence-corrected chi connectivity index (χ0v) is 57.0. The lowest BCUT2D eigenvalue weighted by molar-refractivity contribution is 0.122. The molecule has 15 rings (SSSR count). The maximum absolute atomic E-state index is 5.49. The molecule has 0 bridgehead atoms. The Labute approximate surface area is 581 Å². The van der Waals surface area contributed by atoms with Crippen LogP contribution < -0.4 is 30.7 Å². The SMILES string of the molecule is C=C(NC[C@@H](C)c1ccccc1)c1ncc(C2=CCc3ncc(N4CCOCC4)cc32)cn1.C=C(NC[C@H](C)c1ccccc1)c1ncc(C2=CCc3ncc(N4CCOCC4)cc32)cn1.C=C(N[C@H](C)Cc1ccccc1)c1ncc(C2=CCc3ncc(N4CCOCC4)cc32)cn1. The first kappa shape index (κ1) is 67.1. The Bertz CT molecular complexity index is 4150. The molecule has 3 aliphatic carbocycles. The highest BCUT2D eigenvalue weighted by atomic mass is 16.5. The number of aromatic nitrogens is 9. The number of fused-ring (bicyclic) bond motifs is 3. The highest BCUT2D eigenvalue weighted by Gasteiger charge is 2.25. The summed E-state index contributed by atoms with van der Waals surface area (Å²) in [7, 11) is 0. The largest absolute Gasteiger partial charge is 0.382 e. The molecule has 6 aliphatic rings. The third-order valence-electron chi connectivity index (χ3n) is 18.8. The molecule has 6 aromatic heterocycles. The van der Waals surface area contributed by atoms with E-state index >= 15 is 0 Å². The van der Waals surface area contributed by atoms with Gasteiger partial charge in [0.2, 0.25) is 0 Å². The lowest BCUT2D eigenvalue weighted by Crippen LogP contribution is -2.36. The second kappa shape index (κ2) is 32.2. The van der Waals surface area contributed by atoms with Crippen LogP contribution in [0.4, 0.5) is 17.1 Å². The molecule has 3 aliphatic heterocycles. The summed E-state index contributed by atoms with van der Waals surface area (Å²) in [6, 6.07) is 38.3. The predicted octanol–water partition coefficient (Wildman–Crippen LogP) is 12.0. The third-order valence-corrected chi connectivity index (χ3v) is 18.8. The average molecular weight is 1320 g/mol. The summed E-state index contributed by atoms with van der Waals surface area (Å²) >= 11 is 0. The molecule has 0 spiro atoms. The van der Waals surface area contributed by atoms with E-state index < -0.39 is 0 Å². The van der Waals surface area contributed by atoms with Crippen LogP contribution in [0.5, 0.6) is 0 Å². The van der Waals surface area contributed by atoms with E-state index in [0.29, 0.717) is 29.3 Å². The molecule has 3 aromatic carbocycles. The van der Waals surface area contributed by atoms with Crippen molar-refractivity contribution in [1.29, 1.82) is 0 Å². The molecule has 0 unspecified atom stereocenters. The maximum atomic E-state index is 5.49. The number of ether oxygens (including phenoxy) is 3. The van der Waals surface area contributed by atoms with Crippen LogP contribution in [0.3, 0.4) is 0 Å². The zero-order chi connectivity index (χ0) is 67.9. The van der Waals surface area contributed by atoms with Crippen molar-refractivity contribution in [3.63, 3.8) is 0 Å². The van der Waals surface area contributed by atoms with Crippen molar-refractivity contribution < 1.29 is 14.2 Å². The number of hydrogen-bond acceptors (Lipinski definition) is 18. The topological polar surface area (TPSA) is 190 Å². The molecule has 3 fully saturated rings. The second-order valence-electron chi connectivity index (χ2n) is 25.8. The van der Waals surface area contributed by atoms with Crippen molar-refractivity contribution in [3.05, 3.63) is 288 Å². The first-order chi connectivity index (χ1) is 48.5. The number of morpholine rings is 3. The summed E-state index contributed by atoms with van der Waals surface area (Å²) in [6.45, 7) is 30.5. The van der Waals surface area contributed by atoms with E-state index in [-0.39, 0.29) is 6.04 Å². The number of nitrogens with one attached hydrogen (secondary N) is 3. The highest BCUT2D eigenvalue weighted by Crippen LogP contribution is 2.37. The zero-order valence-electron chi connectivity index (χ0n) is 57.0. The van der Waals surface area contributed by atoms with Crippen molar-refractivity contribution in [1.82, 2.24) is 60.8 Å². The fourth-order valence-electron chi connectivity index (χ4n) is 13.1. The van der Waals surface area contributed by atoms with Gasteiger partial charge in [0.15, 0.2) is 17.5 Å². The molecule has 99 heavy (non-hydrogen) atoms. The van der Waals surface area contributed by atoms with Crippen LogP contribution in [0, 0.1) is 0 Å². The van der Waals surface area contributed by atoms with E-state index in [1.165, 1.54) is 33.4 Å². The van der Waals surface area contributed by atoms with Crippen LogP contribution in [0.15, 0.2) is 203 Å². The molecule has 18 heteroatoms. The Morgan fingerprint density at radius 3 is 1.05 bits per heavy atom. The van der Waals surface area contributed by atoms with Gasteiger partial charge in [0.05, 0.1) is 109 Å². The molecule has 3 saturated heterocycles. The van der Waals surface area contributed by atoms with Crippen molar-refractivity contribution in [3.8, 4) is 0 Å². The fraction of sp³-hybridized carbons (Fsp3) is 0.296. The van der Waals surface area contributed by atoms with Crippen LogP contribution in [-0.4, -0.2) is 143 Å². The number of hydrogen-bond donors (Lipinski definition) is 3. The summed E-state index contributed by atoms with van der Waals surface area (Å²) in [4.78, 5) is 48.8. The molecule has 0 radical (unpaired) electrons. The number of allylic oxidation sites excluding steroid dienone is 3. The van der Waals surface area contributed by atoms with E-state index in [0.717, 1.165) is 202 Å². The minimum absolute atomic E-state index is 0.234. The fourth-order valence-corrected chi connectivity index (χ4v) is 13.1. The molecule has 0 amide bonds. The number of benzene rings is 3.